The van der Waals surface area contributed by atoms with Crippen LogP contribution in [0, 0.1) is 0 Å². The highest BCUT2D eigenvalue weighted by molar-refractivity contribution is 7.92. The first-order valence-electron chi connectivity index (χ1n) is 3.46. The van der Waals surface area contributed by atoms with Crippen molar-refractivity contribution in [2.75, 3.05) is 18.1 Å². The molecule has 7 heteroatoms. The van der Waals surface area contributed by atoms with Crippen molar-refractivity contribution in [1.29, 1.82) is 0 Å². The van der Waals surface area contributed by atoms with E-state index in [1.54, 1.807) is 0 Å². The zero-order chi connectivity index (χ0) is 9.64. The van der Waals surface area contributed by atoms with Gasteiger partial charge < -0.3 is 5.32 Å². The van der Waals surface area contributed by atoms with E-state index in [9.17, 15) is 13.2 Å². The van der Waals surface area contributed by atoms with Gasteiger partial charge in [0.2, 0.25) is 14.2 Å². The van der Waals surface area contributed by atoms with Crippen LogP contribution in [-0.2, 0) is 9.84 Å². The van der Waals surface area contributed by atoms with Crippen molar-refractivity contribution in [3.05, 3.63) is 4.88 Å². The Balaban J connectivity index is 2.58. The maximum atomic E-state index is 11.1. The summed E-state index contributed by atoms with van der Waals surface area (Å²) in [7, 11) is -3.29. The minimum atomic E-state index is -3.29. The molecule has 1 aliphatic heterocycles. The molecule has 0 aliphatic carbocycles. The van der Waals surface area contributed by atoms with Gasteiger partial charge in [0.25, 0.3) is 0 Å². The lowest BCUT2D eigenvalue weighted by Gasteiger charge is -1.90. The molecule has 1 aliphatic rings. The molecule has 0 radical (unpaired) electrons. The van der Waals surface area contributed by atoms with E-state index in [0.29, 0.717) is 10.7 Å². The summed E-state index contributed by atoms with van der Waals surface area (Å²) in [6.07, 6.45) is 1.07. The number of nitrogens with one attached hydrogen (secondary N) is 1. The Morgan fingerprint density at radius 3 is 2.77 bits per heavy atom. The molecule has 1 aromatic heterocycles. The molecule has 0 atom stereocenters. The zero-order valence-electron chi connectivity index (χ0n) is 6.70. The second-order valence-electron chi connectivity index (χ2n) is 2.71. The minimum absolute atomic E-state index is 0.00181. The van der Waals surface area contributed by atoms with Crippen molar-refractivity contribution in [2.24, 2.45) is 0 Å². The van der Waals surface area contributed by atoms with Crippen LogP contribution in [0.1, 0.15) is 9.67 Å². The fraction of sp³-hybridized carbons (Fsp3) is 0.333. The monoisotopic (exact) mass is 218 g/mol. The van der Waals surface area contributed by atoms with Crippen molar-refractivity contribution in [3.63, 3.8) is 0 Å². The number of anilines is 1. The van der Waals surface area contributed by atoms with E-state index >= 15 is 0 Å². The van der Waals surface area contributed by atoms with Gasteiger partial charge in [-0.1, -0.05) is 11.3 Å². The van der Waals surface area contributed by atoms with Gasteiger partial charge in [0.15, 0.2) is 5.78 Å². The maximum absolute atomic E-state index is 11.1. The Bertz CT molecular complexity index is 474. The van der Waals surface area contributed by atoms with Gasteiger partial charge in [0.1, 0.15) is 10.7 Å². The van der Waals surface area contributed by atoms with Crippen molar-refractivity contribution >= 4 is 32.8 Å². The van der Waals surface area contributed by atoms with Crippen LogP contribution in [0.4, 0.5) is 5.82 Å². The molecule has 70 valence electrons. The number of aromatic nitrogens is 1. The third kappa shape index (κ3) is 1.33. The Morgan fingerprint density at radius 1 is 1.54 bits per heavy atom. The summed E-state index contributed by atoms with van der Waals surface area (Å²) in [4.78, 5) is 15.3. The van der Waals surface area contributed by atoms with Gasteiger partial charge in [-0.15, -0.1) is 0 Å². The number of hydrogen-bond donors (Lipinski definition) is 1. The number of hydrogen-bond acceptors (Lipinski definition) is 6. The summed E-state index contributed by atoms with van der Waals surface area (Å²) in [6.45, 7) is 0.220. The number of sulfone groups is 1. The molecule has 0 saturated heterocycles. The quantitative estimate of drug-likeness (QED) is 0.726. The van der Waals surface area contributed by atoms with E-state index in [2.05, 4.69) is 10.3 Å². The van der Waals surface area contributed by atoms with Gasteiger partial charge in [-0.3, -0.25) is 4.79 Å². The predicted octanol–water partition coefficient (Wildman–Crippen LogP) is 0.155. The van der Waals surface area contributed by atoms with Gasteiger partial charge in [-0.05, 0) is 0 Å². The average Bonchev–Trinajstić information content (AvgIpc) is 2.51. The first-order valence-corrected chi connectivity index (χ1v) is 6.17. The molecule has 2 heterocycles. The normalized spacial score (nSPS) is 15.6. The predicted molar refractivity (Wildman–Crippen MR) is 48.0 cm³/mol. The SMILES string of the molecule is CS(=O)(=O)c1nc2c(s1)C(=O)CN2. The molecule has 13 heavy (non-hydrogen) atoms. The van der Waals surface area contributed by atoms with Crippen LogP contribution >= 0.6 is 11.3 Å². The third-order valence-corrected chi connectivity index (χ3v) is 4.37. The van der Waals surface area contributed by atoms with E-state index in [4.69, 9.17) is 0 Å². The molecular weight excluding hydrogens is 212 g/mol. The van der Waals surface area contributed by atoms with E-state index < -0.39 is 9.84 Å². The van der Waals surface area contributed by atoms with Crippen LogP contribution in [0.2, 0.25) is 0 Å². The van der Waals surface area contributed by atoms with Crippen LogP contribution in [0.3, 0.4) is 0 Å². The van der Waals surface area contributed by atoms with Gasteiger partial charge in [0, 0.05) is 6.26 Å². The topological polar surface area (TPSA) is 76.1 Å². The molecule has 2 rings (SSSR count). The lowest BCUT2D eigenvalue weighted by atomic mass is 10.4. The Morgan fingerprint density at radius 2 is 2.23 bits per heavy atom. The van der Waals surface area contributed by atoms with Crippen molar-refractivity contribution in [1.82, 2.24) is 4.98 Å². The zero-order valence-corrected chi connectivity index (χ0v) is 8.33. The van der Waals surface area contributed by atoms with E-state index in [1.807, 2.05) is 0 Å². The Hall–Kier alpha value is -0.950. The lowest BCUT2D eigenvalue weighted by Crippen LogP contribution is -2.03. The standard InChI is InChI=1S/C6H6N2O3S2/c1-13(10,11)6-8-5-4(12-6)3(9)2-7-5/h7H,2H2,1H3. The molecule has 0 bridgehead atoms. The number of Topliss-reactive ketones (excluding diaryl/α,β-unsaturated/α-hetero) is 1. The van der Waals surface area contributed by atoms with Crippen molar-refractivity contribution in [3.8, 4) is 0 Å². The molecule has 0 spiro atoms. The van der Waals surface area contributed by atoms with Gasteiger partial charge in [-0.25, -0.2) is 13.4 Å². The summed E-state index contributed by atoms with van der Waals surface area (Å²) in [6, 6.07) is 0. The van der Waals surface area contributed by atoms with Crippen LogP contribution < -0.4 is 5.32 Å². The molecule has 0 fully saturated rings. The number of carbonyl (C=O) groups excluding carboxylic acids is 1. The minimum Gasteiger partial charge on any atom is -0.361 e. The Kier molecular flexibility index (Phi) is 1.67. The third-order valence-electron chi connectivity index (χ3n) is 1.59. The number of nitrogens with zero attached hydrogens (tertiary/aromatic N) is 1. The highest BCUT2D eigenvalue weighted by atomic mass is 32.2. The van der Waals surface area contributed by atoms with Crippen LogP contribution in [0.5, 0.6) is 0 Å². The fourth-order valence-corrected chi connectivity index (χ4v) is 2.84. The molecular formula is C6H6N2O3S2. The average molecular weight is 218 g/mol. The van der Waals surface area contributed by atoms with Gasteiger partial charge in [0.05, 0.1) is 6.54 Å². The largest absolute Gasteiger partial charge is 0.361 e. The number of ketones is 1. The second kappa shape index (κ2) is 2.52. The highest BCUT2D eigenvalue weighted by Gasteiger charge is 2.27. The van der Waals surface area contributed by atoms with Crippen LogP contribution in [0.25, 0.3) is 0 Å². The lowest BCUT2D eigenvalue weighted by molar-refractivity contribution is 0.102. The summed E-state index contributed by atoms with van der Waals surface area (Å²) >= 11 is 0.926. The first-order chi connectivity index (χ1) is 5.98. The molecule has 0 saturated carbocycles. The molecule has 1 N–H and O–H groups in total. The molecule has 1 aromatic rings. The molecule has 5 nitrogen and oxygen atoms in total. The molecule has 0 amide bonds. The summed E-state index contributed by atoms with van der Waals surface area (Å²) in [5.41, 5.74) is 0. The maximum Gasteiger partial charge on any atom is 0.211 e. The first kappa shape index (κ1) is 8.64. The summed E-state index contributed by atoms with van der Waals surface area (Å²) < 4.78 is 22.1. The highest BCUT2D eigenvalue weighted by Crippen LogP contribution is 2.30. The number of carbonyl (C=O) groups is 1. The number of fused-ring (bicyclic) bond motifs is 1. The number of thiazole rings is 1. The smallest absolute Gasteiger partial charge is 0.211 e. The van der Waals surface area contributed by atoms with Crippen molar-refractivity contribution < 1.29 is 13.2 Å². The second-order valence-corrected chi connectivity index (χ2v) is 5.89. The van der Waals surface area contributed by atoms with E-state index in [1.165, 1.54) is 0 Å². The van der Waals surface area contributed by atoms with Crippen molar-refractivity contribution in [2.45, 2.75) is 4.34 Å². The summed E-state index contributed by atoms with van der Waals surface area (Å²) in [5, 5.41) is 2.73. The number of rotatable bonds is 1. The van der Waals surface area contributed by atoms with Gasteiger partial charge in [-0.2, -0.15) is 0 Å². The van der Waals surface area contributed by atoms with E-state index in [0.717, 1.165) is 17.6 Å². The molecule has 0 unspecified atom stereocenters. The van der Waals surface area contributed by atoms with E-state index in [-0.39, 0.29) is 16.7 Å². The Labute approximate surface area is 78.7 Å². The summed E-state index contributed by atoms with van der Waals surface area (Å²) in [5.74, 6) is 0.304. The van der Waals surface area contributed by atoms with Crippen LogP contribution in [0.15, 0.2) is 4.34 Å². The van der Waals surface area contributed by atoms with Crippen LogP contribution in [-0.4, -0.2) is 32.0 Å². The molecule has 0 aromatic carbocycles. The fourth-order valence-electron chi connectivity index (χ4n) is 1.01. The van der Waals surface area contributed by atoms with Gasteiger partial charge >= 0.3 is 0 Å².